The van der Waals surface area contributed by atoms with Crippen LogP contribution in [0, 0.1) is 0 Å². The quantitative estimate of drug-likeness (QED) is 0.880. The highest BCUT2D eigenvalue weighted by molar-refractivity contribution is 7.91. The summed E-state index contributed by atoms with van der Waals surface area (Å²) in [6, 6.07) is 5.38. The molecule has 0 atom stereocenters. The van der Waals surface area contributed by atoms with Gasteiger partial charge in [-0.15, -0.1) is 0 Å². The molecule has 0 radical (unpaired) electrons. The third-order valence-electron chi connectivity index (χ3n) is 3.34. The number of likely N-dealkylation sites (tertiary alicyclic amines) is 1. The van der Waals surface area contributed by atoms with Crippen LogP contribution in [0.4, 0.5) is 0 Å². The van der Waals surface area contributed by atoms with Crippen LogP contribution in [0.2, 0.25) is 0 Å². The first-order valence-corrected chi connectivity index (χ1v) is 7.93. The molecular weight excluding hydrogens is 266 g/mol. The molecule has 0 saturated carbocycles. The first-order chi connectivity index (χ1) is 8.99. The van der Waals surface area contributed by atoms with Gasteiger partial charge in [-0.1, -0.05) is 0 Å². The van der Waals surface area contributed by atoms with Crippen LogP contribution in [-0.4, -0.2) is 49.8 Å². The first kappa shape index (κ1) is 14.0. The van der Waals surface area contributed by atoms with E-state index >= 15 is 0 Å². The van der Waals surface area contributed by atoms with Gasteiger partial charge in [0.05, 0.1) is 16.2 Å². The molecule has 1 aromatic carbocycles. The van der Waals surface area contributed by atoms with Gasteiger partial charge in [0.25, 0.3) is 0 Å². The number of sulfone groups is 1. The van der Waals surface area contributed by atoms with Gasteiger partial charge in [-0.05, 0) is 50.2 Å². The Labute approximate surface area is 112 Å². The largest absolute Gasteiger partial charge is 0.478 e. The maximum absolute atomic E-state index is 12.1. The van der Waals surface area contributed by atoms with Crippen molar-refractivity contribution in [2.45, 2.75) is 17.7 Å². The topological polar surface area (TPSA) is 74.7 Å². The monoisotopic (exact) mass is 283 g/mol. The molecule has 6 heteroatoms. The summed E-state index contributed by atoms with van der Waals surface area (Å²) >= 11 is 0. The van der Waals surface area contributed by atoms with Gasteiger partial charge in [0.2, 0.25) is 0 Å². The van der Waals surface area contributed by atoms with Crippen LogP contribution in [-0.2, 0) is 9.84 Å². The summed E-state index contributed by atoms with van der Waals surface area (Å²) in [7, 11) is -3.32. The zero-order chi connectivity index (χ0) is 13.9. The van der Waals surface area contributed by atoms with Crippen molar-refractivity contribution >= 4 is 15.8 Å². The summed E-state index contributed by atoms with van der Waals surface area (Å²) in [5.74, 6) is -0.972. The number of carbonyl (C=O) groups is 1. The maximum Gasteiger partial charge on any atom is 0.335 e. The predicted molar refractivity (Wildman–Crippen MR) is 71.1 cm³/mol. The van der Waals surface area contributed by atoms with E-state index < -0.39 is 15.8 Å². The van der Waals surface area contributed by atoms with Gasteiger partial charge in [0.15, 0.2) is 9.84 Å². The fraction of sp³-hybridized carbons (Fsp3) is 0.462. The molecule has 0 amide bonds. The second kappa shape index (κ2) is 5.71. The summed E-state index contributed by atoms with van der Waals surface area (Å²) in [5.41, 5.74) is 0.0958. The van der Waals surface area contributed by atoms with Gasteiger partial charge < -0.3 is 10.0 Å². The molecule has 1 N–H and O–H groups in total. The van der Waals surface area contributed by atoms with E-state index in [4.69, 9.17) is 5.11 Å². The minimum atomic E-state index is -3.32. The van der Waals surface area contributed by atoms with Gasteiger partial charge in [0, 0.05) is 6.54 Å². The van der Waals surface area contributed by atoms with E-state index in [0.717, 1.165) is 25.9 Å². The molecule has 0 bridgehead atoms. The molecule has 1 fully saturated rings. The highest BCUT2D eigenvalue weighted by Gasteiger charge is 2.18. The van der Waals surface area contributed by atoms with E-state index in [-0.39, 0.29) is 16.2 Å². The Hall–Kier alpha value is -1.40. The third-order valence-corrected chi connectivity index (χ3v) is 5.05. The van der Waals surface area contributed by atoms with Crippen molar-refractivity contribution in [2.75, 3.05) is 25.4 Å². The third kappa shape index (κ3) is 3.54. The molecule has 0 spiro atoms. The lowest BCUT2D eigenvalue weighted by Gasteiger charge is -2.14. The van der Waals surface area contributed by atoms with Gasteiger partial charge in [-0.3, -0.25) is 0 Å². The Morgan fingerprint density at radius 2 is 1.74 bits per heavy atom. The van der Waals surface area contributed by atoms with Gasteiger partial charge in [-0.2, -0.15) is 0 Å². The van der Waals surface area contributed by atoms with Gasteiger partial charge >= 0.3 is 5.97 Å². The Morgan fingerprint density at radius 1 is 1.16 bits per heavy atom. The molecule has 1 saturated heterocycles. The predicted octanol–water partition coefficient (Wildman–Crippen LogP) is 1.25. The van der Waals surface area contributed by atoms with Crippen molar-refractivity contribution in [3.8, 4) is 0 Å². The Balaban J connectivity index is 2.03. The number of benzene rings is 1. The van der Waals surface area contributed by atoms with Crippen LogP contribution in [0.3, 0.4) is 0 Å². The number of aromatic carboxylic acids is 1. The Bertz CT molecular complexity index is 545. The lowest BCUT2D eigenvalue weighted by Crippen LogP contribution is -2.26. The van der Waals surface area contributed by atoms with Crippen molar-refractivity contribution in [3.05, 3.63) is 29.8 Å². The molecule has 1 aromatic rings. The Morgan fingerprint density at radius 3 is 2.26 bits per heavy atom. The van der Waals surface area contributed by atoms with Crippen LogP contribution >= 0.6 is 0 Å². The fourth-order valence-corrected chi connectivity index (χ4v) is 3.46. The summed E-state index contributed by atoms with van der Waals surface area (Å²) in [4.78, 5) is 13.0. The molecule has 0 aliphatic carbocycles. The lowest BCUT2D eigenvalue weighted by atomic mass is 10.2. The smallest absolute Gasteiger partial charge is 0.335 e. The maximum atomic E-state index is 12.1. The highest BCUT2D eigenvalue weighted by Crippen LogP contribution is 2.14. The number of hydrogen-bond donors (Lipinski definition) is 1. The second-order valence-corrected chi connectivity index (χ2v) is 6.81. The molecule has 1 heterocycles. The van der Waals surface area contributed by atoms with Crippen LogP contribution < -0.4 is 0 Å². The molecule has 104 valence electrons. The molecule has 2 rings (SSSR count). The number of hydrogen-bond acceptors (Lipinski definition) is 4. The van der Waals surface area contributed by atoms with E-state index in [1.54, 1.807) is 0 Å². The van der Waals surface area contributed by atoms with Crippen molar-refractivity contribution in [3.63, 3.8) is 0 Å². The van der Waals surface area contributed by atoms with E-state index in [1.165, 1.54) is 24.3 Å². The molecule has 0 aromatic heterocycles. The van der Waals surface area contributed by atoms with Crippen LogP contribution in [0.5, 0.6) is 0 Å². The van der Waals surface area contributed by atoms with Crippen molar-refractivity contribution in [1.29, 1.82) is 0 Å². The van der Waals surface area contributed by atoms with Crippen LogP contribution in [0.1, 0.15) is 23.2 Å². The second-order valence-electron chi connectivity index (χ2n) is 4.70. The van der Waals surface area contributed by atoms with E-state index in [0.29, 0.717) is 6.54 Å². The number of carboxylic acid groups (broad SMARTS) is 1. The van der Waals surface area contributed by atoms with Crippen LogP contribution in [0.25, 0.3) is 0 Å². The highest BCUT2D eigenvalue weighted by atomic mass is 32.2. The fourth-order valence-electron chi connectivity index (χ4n) is 2.18. The first-order valence-electron chi connectivity index (χ1n) is 6.27. The van der Waals surface area contributed by atoms with Gasteiger partial charge in [-0.25, -0.2) is 13.2 Å². The standard InChI is InChI=1S/C13H17NO4S/c15-13(16)11-3-5-12(6-4-11)19(17,18)10-9-14-7-1-2-8-14/h3-6H,1-2,7-10H2,(H,15,16). The zero-order valence-corrected chi connectivity index (χ0v) is 11.4. The number of carboxylic acids is 1. The molecule has 1 aliphatic rings. The Kier molecular flexibility index (Phi) is 4.21. The minimum absolute atomic E-state index is 0.0828. The van der Waals surface area contributed by atoms with Gasteiger partial charge in [0.1, 0.15) is 0 Å². The number of rotatable bonds is 5. The summed E-state index contributed by atoms with van der Waals surface area (Å²) in [5, 5.41) is 8.77. The van der Waals surface area contributed by atoms with Crippen molar-refractivity contribution < 1.29 is 18.3 Å². The van der Waals surface area contributed by atoms with Crippen LogP contribution in [0.15, 0.2) is 29.2 Å². The lowest BCUT2D eigenvalue weighted by molar-refractivity contribution is 0.0697. The average molecular weight is 283 g/mol. The minimum Gasteiger partial charge on any atom is -0.478 e. The molecule has 5 nitrogen and oxygen atoms in total. The summed E-state index contributed by atoms with van der Waals surface area (Å²) < 4.78 is 24.2. The van der Waals surface area contributed by atoms with E-state index in [2.05, 4.69) is 4.90 Å². The van der Waals surface area contributed by atoms with E-state index in [1.807, 2.05) is 0 Å². The molecule has 19 heavy (non-hydrogen) atoms. The van der Waals surface area contributed by atoms with Crippen molar-refractivity contribution in [2.24, 2.45) is 0 Å². The zero-order valence-electron chi connectivity index (χ0n) is 10.6. The molecular formula is C13H17NO4S. The summed E-state index contributed by atoms with van der Waals surface area (Å²) in [6.07, 6.45) is 2.26. The number of nitrogens with zero attached hydrogens (tertiary/aromatic N) is 1. The van der Waals surface area contributed by atoms with Crippen molar-refractivity contribution in [1.82, 2.24) is 4.90 Å². The molecule has 1 aliphatic heterocycles. The SMILES string of the molecule is O=C(O)c1ccc(S(=O)(=O)CCN2CCCC2)cc1. The average Bonchev–Trinajstić information content (AvgIpc) is 2.90. The summed E-state index contributed by atoms with van der Waals surface area (Å²) in [6.45, 7) is 2.48. The normalized spacial score (nSPS) is 16.6. The molecule has 0 unspecified atom stereocenters. The van der Waals surface area contributed by atoms with E-state index in [9.17, 15) is 13.2 Å².